The summed E-state index contributed by atoms with van der Waals surface area (Å²) in [6.45, 7) is 8.96. The van der Waals surface area contributed by atoms with Crippen LogP contribution in [0.1, 0.15) is 53.4 Å². The molecule has 1 nitrogen and oxygen atoms in total. The molecule has 3 aliphatic carbocycles. The van der Waals surface area contributed by atoms with Crippen LogP contribution < -0.4 is 0 Å². The first-order valence-electron chi connectivity index (χ1n) is 8.16. The summed E-state index contributed by atoms with van der Waals surface area (Å²) >= 11 is 0. The standard InChI is InChI=1S/C19H28O/c1-13-16-9-8-15-7-5-6-11-19(15,4)17(16)10-12-18(13,3)14(2)20/h6,8-9,11,13-14,17,20H,5,7,10,12H2,1-4H3. The molecular formula is C19H28O. The molecule has 0 bridgehead atoms. The lowest BCUT2D eigenvalue weighted by Crippen LogP contribution is -2.47. The summed E-state index contributed by atoms with van der Waals surface area (Å²) in [5, 5.41) is 10.2. The first kappa shape index (κ1) is 14.1. The summed E-state index contributed by atoms with van der Waals surface area (Å²) in [4.78, 5) is 0. The minimum absolute atomic E-state index is 0.0302. The van der Waals surface area contributed by atoms with E-state index in [1.165, 1.54) is 19.3 Å². The van der Waals surface area contributed by atoms with Gasteiger partial charge in [-0.2, -0.15) is 0 Å². The molecule has 0 aromatic rings. The zero-order valence-electron chi connectivity index (χ0n) is 13.3. The fraction of sp³-hybridized carbons (Fsp3) is 0.684. The number of rotatable bonds is 1. The highest BCUT2D eigenvalue weighted by molar-refractivity contribution is 5.41. The van der Waals surface area contributed by atoms with Crippen molar-refractivity contribution in [3.63, 3.8) is 0 Å². The van der Waals surface area contributed by atoms with Crippen molar-refractivity contribution >= 4 is 0 Å². The van der Waals surface area contributed by atoms with E-state index in [2.05, 4.69) is 45.1 Å². The van der Waals surface area contributed by atoms with Crippen LogP contribution >= 0.6 is 0 Å². The van der Waals surface area contributed by atoms with Gasteiger partial charge < -0.3 is 5.11 Å². The number of allylic oxidation sites excluding steroid dienone is 6. The normalized spacial score (nSPS) is 45.0. The van der Waals surface area contributed by atoms with Crippen molar-refractivity contribution in [3.05, 3.63) is 35.5 Å². The molecule has 1 fully saturated rings. The molecule has 1 N–H and O–H groups in total. The predicted molar refractivity (Wildman–Crippen MR) is 84.3 cm³/mol. The Balaban J connectivity index is 2.02. The van der Waals surface area contributed by atoms with Crippen molar-refractivity contribution in [1.82, 2.24) is 0 Å². The maximum Gasteiger partial charge on any atom is 0.0571 e. The zero-order chi connectivity index (χ0) is 14.5. The second-order valence-corrected chi connectivity index (χ2v) is 7.58. The number of fused-ring (bicyclic) bond motifs is 3. The van der Waals surface area contributed by atoms with Crippen LogP contribution in [0, 0.1) is 22.7 Å². The van der Waals surface area contributed by atoms with Crippen molar-refractivity contribution < 1.29 is 5.11 Å². The van der Waals surface area contributed by atoms with Gasteiger partial charge in [0.15, 0.2) is 0 Å². The summed E-state index contributed by atoms with van der Waals surface area (Å²) in [7, 11) is 0. The Bertz CT molecular complexity index is 496. The second-order valence-electron chi connectivity index (χ2n) is 7.58. The molecule has 5 unspecified atom stereocenters. The Labute approximate surface area is 123 Å². The van der Waals surface area contributed by atoms with E-state index < -0.39 is 0 Å². The minimum atomic E-state index is -0.237. The van der Waals surface area contributed by atoms with Crippen LogP contribution in [0.5, 0.6) is 0 Å². The highest BCUT2D eigenvalue weighted by atomic mass is 16.3. The summed E-state index contributed by atoms with van der Waals surface area (Å²) in [5.74, 6) is 1.10. The number of hydrogen-bond donors (Lipinski definition) is 1. The zero-order valence-corrected chi connectivity index (χ0v) is 13.3. The molecule has 20 heavy (non-hydrogen) atoms. The van der Waals surface area contributed by atoms with Crippen LogP contribution in [0.2, 0.25) is 0 Å². The molecule has 0 aliphatic heterocycles. The number of aliphatic hydroxyl groups excluding tert-OH is 1. The maximum absolute atomic E-state index is 10.2. The van der Waals surface area contributed by atoms with Crippen molar-refractivity contribution in [2.45, 2.75) is 59.5 Å². The van der Waals surface area contributed by atoms with E-state index in [-0.39, 0.29) is 16.9 Å². The van der Waals surface area contributed by atoms with E-state index in [1.807, 2.05) is 6.92 Å². The van der Waals surface area contributed by atoms with Gasteiger partial charge in [0.1, 0.15) is 0 Å². The topological polar surface area (TPSA) is 20.2 Å². The lowest BCUT2D eigenvalue weighted by atomic mass is 9.51. The van der Waals surface area contributed by atoms with Gasteiger partial charge >= 0.3 is 0 Å². The van der Waals surface area contributed by atoms with Gasteiger partial charge in [-0.1, -0.05) is 56.2 Å². The first-order valence-corrected chi connectivity index (χ1v) is 8.16. The molecule has 0 saturated heterocycles. The first-order chi connectivity index (χ1) is 9.39. The molecule has 0 radical (unpaired) electrons. The summed E-state index contributed by atoms with van der Waals surface area (Å²) in [6, 6.07) is 0. The molecule has 3 aliphatic rings. The molecule has 0 spiro atoms. The fourth-order valence-corrected chi connectivity index (χ4v) is 4.74. The molecule has 5 atom stereocenters. The van der Waals surface area contributed by atoms with Crippen molar-refractivity contribution in [3.8, 4) is 0 Å². The highest BCUT2D eigenvalue weighted by Crippen LogP contribution is 2.58. The maximum atomic E-state index is 10.2. The quantitative estimate of drug-likeness (QED) is 0.689. The van der Waals surface area contributed by atoms with Crippen molar-refractivity contribution in [2.75, 3.05) is 0 Å². The SMILES string of the molecule is CC(O)C1(C)CCC2C(=CC=C3CCC=CC32C)C1C. The van der Waals surface area contributed by atoms with Gasteiger partial charge in [0, 0.05) is 5.41 Å². The smallest absolute Gasteiger partial charge is 0.0571 e. The molecule has 110 valence electrons. The van der Waals surface area contributed by atoms with Crippen LogP contribution in [0.25, 0.3) is 0 Å². The van der Waals surface area contributed by atoms with E-state index in [0.29, 0.717) is 11.8 Å². The molecular weight excluding hydrogens is 244 g/mol. The molecule has 0 heterocycles. The van der Waals surface area contributed by atoms with Crippen LogP contribution in [-0.2, 0) is 0 Å². The second kappa shape index (κ2) is 4.59. The average molecular weight is 272 g/mol. The van der Waals surface area contributed by atoms with E-state index in [1.54, 1.807) is 11.1 Å². The molecule has 1 saturated carbocycles. The van der Waals surface area contributed by atoms with Gasteiger partial charge in [-0.25, -0.2) is 0 Å². The van der Waals surface area contributed by atoms with Crippen molar-refractivity contribution in [1.29, 1.82) is 0 Å². The van der Waals surface area contributed by atoms with E-state index in [9.17, 15) is 5.11 Å². The third-order valence-corrected chi connectivity index (χ3v) is 6.75. The fourth-order valence-electron chi connectivity index (χ4n) is 4.74. The van der Waals surface area contributed by atoms with Gasteiger partial charge in [-0.3, -0.25) is 0 Å². The number of hydrogen-bond acceptors (Lipinski definition) is 1. The molecule has 0 aromatic heterocycles. The third kappa shape index (κ3) is 1.79. The van der Waals surface area contributed by atoms with Gasteiger partial charge in [0.2, 0.25) is 0 Å². The van der Waals surface area contributed by atoms with Gasteiger partial charge in [0.05, 0.1) is 6.10 Å². The summed E-state index contributed by atoms with van der Waals surface area (Å²) in [6.07, 6.45) is 14.1. The lowest BCUT2D eigenvalue weighted by molar-refractivity contribution is -0.0130. The Hall–Kier alpha value is -0.820. The Morgan fingerprint density at radius 1 is 1.30 bits per heavy atom. The monoisotopic (exact) mass is 272 g/mol. The van der Waals surface area contributed by atoms with E-state index in [0.717, 1.165) is 6.42 Å². The minimum Gasteiger partial charge on any atom is -0.393 e. The molecule has 1 heteroatoms. The highest BCUT2D eigenvalue weighted by Gasteiger charge is 2.50. The average Bonchev–Trinajstić information content (AvgIpc) is 2.42. The van der Waals surface area contributed by atoms with Crippen LogP contribution in [0.3, 0.4) is 0 Å². The summed E-state index contributed by atoms with van der Waals surface area (Å²) in [5.41, 5.74) is 3.44. The number of aliphatic hydroxyl groups is 1. The van der Waals surface area contributed by atoms with Crippen LogP contribution in [0.4, 0.5) is 0 Å². The van der Waals surface area contributed by atoms with Gasteiger partial charge in [-0.05, 0) is 49.9 Å². The van der Waals surface area contributed by atoms with Crippen molar-refractivity contribution in [2.24, 2.45) is 22.7 Å². The van der Waals surface area contributed by atoms with Crippen LogP contribution in [0.15, 0.2) is 35.5 Å². The van der Waals surface area contributed by atoms with E-state index >= 15 is 0 Å². The molecule has 3 rings (SSSR count). The Morgan fingerprint density at radius 3 is 2.75 bits per heavy atom. The largest absolute Gasteiger partial charge is 0.393 e. The third-order valence-electron chi connectivity index (χ3n) is 6.75. The van der Waals surface area contributed by atoms with Crippen LogP contribution in [-0.4, -0.2) is 11.2 Å². The van der Waals surface area contributed by atoms with Gasteiger partial charge in [-0.15, -0.1) is 0 Å². The molecule has 0 aromatic carbocycles. The lowest BCUT2D eigenvalue weighted by Gasteiger charge is -2.53. The predicted octanol–water partition coefficient (Wildman–Crippen LogP) is 4.64. The van der Waals surface area contributed by atoms with E-state index in [4.69, 9.17) is 0 Å². The Kier molecular flexibility index (Phi) is 3.25. The summed E-state index contributed by atoms with van der Waals surface area (Å²) < 4.78 is 0. The molecule has 0 amide bonds. The van der Waals surface area contributed by atoms with Gasteiger partial charge in [0.25, 0.3) is 0 Å². The Morgan fingerprint density at radius 2 is 2.05 bits per heavy atom.